The molecule has 1 rings (SSSR count). The van der Waals surface area contributed by atoms with Gasteiger partial charge < -0.3 is 15.2 Å². The normalized spacial score (nSPS) is 16.9. The summed E-state index contributed by atoms with van der Waals surface area (Å²) in [6.45, 7) is 0. The third-order valence-corrected chi connectivity index (χ3v) is 0.557. The average molecular weight is 99.1 g/mol. The summed E-state index contributed by atoms with van der Waals surface area (Å²) in [6, 6.07) is 0. The molecule has 0 radical (unpaired) electrons. The minimum absolute atomic E-state index is 0.0301. The van der Waals surface area contributed by atoms with Crippen molar-refractivity contribution in [2.75, 3.05) is 0 Å². The molecule has 0 aromatic rings. The number of hydrogen-bond donors (Lipinski definition) is 2. The smallest absolute Gasteiger partial charge is 0.224 e. The van der Waals surface area contributed by atoms with Gasteiger partial charge >= 0.3 is 0 Å². The molecule has 7 heavy (non-hydrogen) atoms. The number of aliphatic hydroxyl groups is 1. The summed E-state index contributed by atoms with van der Waals surface area (Å²) >= 11 is 0. The van der Waals surface area contributed by atoms with E-state index in [9.17, 15) is 0 Å². The van der Waals surface area contributed by atoms with Crippen molar-refractivity contribution in [3.63, 3.8) is 0 Å². The zero-order chi connectivity index (χ0) is 5.11. The van der Waals surface area contributed by atoms with Gasteiger partial charge in [0.05, 0.1) is 0 Å². The van der Waals surface area contributed by atoms with Crippen molar-refractivity contribution in [2.24, 2.45) is 0 Å². The fourth-order valence-electron chi connectivity index (χ4n) is 0.296. The number of hydrogen-bond acceptors (Lipinski definition) is 3. The molecule has 3 nitrogen and oxygen atoms in total. The highest BCUT2D eigenvalue weighted by Crippen LogP contribution is 1.90. The molecule has 0 aromatic carbocycles. The maximum atomic E-state index is 8.48. The van der Waals surface area contributed by atoms with Gasteiger partial charge in [0, 0.05) is 6.20 Å². The molecule has 38 valence electrons. The lowest BCUT2D eigenvalue weighted by molar-refractivity contribution is 0.301. The molecule has 0 aliphatic carbocycles. The molecule has 0 fully saturated rings. The summed E-state index contributed by atoms with van der Waals surface area (Å²) in [6.07, 6.45) is 4.13. The second-order valence-corrected chi connectivity index (χ2v) is 1.09. The second-order valence-electron chi connectivity index (χ2n) is 1.09. The van der Waals surface area contributed by atoms with Gasteiger partial charge in [0.1, 0.15) is 6.26 Å². The molecule has 1 aliphatic rings. The predicted molar refractivity (Wildman–Crippen MR) is 24.1 cm³/mol. The molecule has 0 atom stereocenters. The van der Waals surface area contributed by atoms with Gasteiger partial charge in [-0.3, -0.25) is 0 Å². The molecule has 0 bridgehead atoms. The predicted octanol–water partition coefficient (Wildman–Crippen LogP) is 0.434. The summed E-state index contributed by atoms with van der Waals surface area (Å²) in [7, 11) is 0. The van der Waals surface area contributed by atoms with Crippen LogP contribution in [-0.4, -0.2) is 5.11 Å². The van der Waals surface area contributed by atoms with Crippen LogP contribution in [0.5, 0.6) is 0 Å². The first kappa shape index (κ1) is 4.05. The van der Waals surface area contributed by atoms with Crippen LogP contribution in [0, 0.1) is 0 Å². The maximum absolute atomic E-state index is 8.48. The molecule has 0 saturated heterocycles. The van der Waals surface area contributed by atoms with Crippen molar-refractivity contribution in [2.45, 2.75) is 0 Å². The van der Waals surface area contributed by atoms with Crippen molar-refractivity contribution in [1.82, 2.24) is 5.32 Å². The van der Waals surface area contributed by atoms with Crippen LogP contribution in [0.3, 0.4) is 0 Å². The van der Waals surface area contributed by atoms with E-state index < -0.39 is 0 Å². The summed E-state index contributed by atoms with van der Waals surface area (Å²) in [5.74, 6) is 0.0301. The minimum Gasteiger partial charge on any atom is -0.492 e. The fraction of sp³-hybridized carbons (Fsp3) is 0. The number of nitrogens with one attached hydrogen (secondary N) is 1. The molecule has 0 unspecified atom stereocenters. The molecule has 0 amide bonds. The summed E-state index contributed by atoms with van der Waals surface area (Å²) in [5, 5.41) is 11.0. The van der Waals surface area contributed by atoms with E-state index in [2.05, 4.69) is 10.1 Å². The number of aliphatic hydroxyl groups excluding tert-OH is 1. The van der Waals surface area contributed by atoms with Crippen LogP contribution < -0.4 is 5.32 Å². The SMILES string of the molecule is OC1=COC=CN1. The Morgan fingerprint density at radius 1 is 1.71 bits per heavy atom. The summed E-state index contributed by atoms with van der Waals surface area (Å²) in [5.41, 5.74) is 0. The van der Waals surface area contributed by atoms with Crippen LogP contribution in [-0.2, 0) is 4.74 Å². The Morgan fingerprint density at radius 2 is 2.57 bits per heavy atom. The van der Waals surface area contributed by atoms with E-state index in [4.69, 9.17) is 5.11 Å². The van der Waals surface area contributed by atoms with E-state index in [1.807, 2.05) is 0 Å². The molecule has 2 N–H and O–H groups in total. The van der Waals surface area contributed by atoms with Crippen molar-refractivity contribution >= 4 is 0 Å². The molecule has 0 saturated carbocycles. The Morgan fingerprint density at radius 3 is 2.86 bits per heavy atom. The molecule has 3 heteroatoms. The molecular weight excluding hydrogens is 94.0 g/mol. The Hall–Kier alpha value is -1.12. The van der Waals surface area contributed by atoms with Crippen LogP contribution in [0.2, 0.25) is 0 Å². The van der Waals surface area contributed by atoms with Gasteiger partial charge in [-0.25, -0.2) is 0 Å². The van der Waals surface area contributed by atoms with Crippen LogP contribution in [0.25, 0.3) is 0 Å². The van der Waals surface area contributed by atoms with Gasteiger partial charge in [-0.2, -0.15) is 0 Å². The minimum atomic E-state index is 0.0301. The first-order valence-corrected chi connectivity index (χ1v) is 1.86. The Labute approximate surface area is 40.9 Å². The quantitative estimate of drug-likeness (QED) is 0.463. The van der Waals surface area contributed by atoms with Gasteiger partial charge in [0.15, 0.2) is 6.26 Å². The molecule has 1 heterocycles. The van der Waals surface area contributed by atoms with E-state index in [-0.39, 0.29) is 5.88 Å². The molecule has 0 spiro atoms. The Balaban J connectivity index is 2.50. The summed E-state index contributed by atoms with van der Waals surface area (Å²) in [4.78, 5) is 0. The van der Waals surface area contributed by atoms with Crippen LogP contribution in [0.15, 0.2) is 24.6 Å². The van der Waals surface area contributed by atoms with Gasteiger partial charge in [0.25, 0.3) is 0 Å². The van der Waals surface area contributed by atoms with E-state index in [1.165, 1.54) is 18.7 Å². The molecule has 0 aromatic heterocycles. The van der Waals surface area contributed by atoms with Gasteiger partial charge in [-0.15, -0.1) is 0 Å². The first-order valence-electron chi connectivity index (χ1n) is 1.86. The maximum Gasteiger partial charge on any atom is 0.224 e. The van der Waals surface area contributed by atoms with Gasteiger partial charge in [-0.1, -0.05) is 0 Å². The fourth-order valence-corrected chi connectivity index (χ4v) is 0.296. The van der Waals surface area contributed by atoms with E-state index in [0.717, 1.165) is 0 Å². The topological polar surface area (TPSA) is 41.5 Å². The van der Waals surface area contributed by atoms with Crippen LogP contribution in [0.4, 0.5) is 0 Å². The summed E-state index contributed by atoms with van der Waals surface area (Å²) < 4.78 is 4.53. The number of ether oxygens (including phenoxy) is 1. The Kier molecular flexibility index (Phi) is 0.898. The van der Waals surface area contributed by atoms with Crippen molar-refractivity contribution in [3.8, 4) is 0 Å². The van der Waals surface area contributed by atoms with E-state index >= 15 is 0 Å². The second kappa shape index (κ2) is 1.55. The van der Waals surface area contributed by atoms with Crippen LogP contribution in [0.1, 0.15) is 0 Å². The third-order valence-electron chi connectivity index (χ3n) is 0.557. The van der Waals surface area contributed by atoms with E-state index in [1.54, 1.807) is 0 Å². The lowest BCUT2D eigenvalue weighted by atomic mass is 10.7. The molecular formula is C4H5NO2. The third kappa shape index (κ3) is 0.855. The molecule has 1 aliphatic heterocycles. The average Bonchev–Trinajstić information content (AvgIpc) is 1.69. The van der Waals surface area contributed by atoms with Gasteiger partial charge in [-0.05, 0) is 0 Å². The standard InChI is InChI=1S/C4H5NO2/c6-4-3-7-2-1-5-4/h1-3,5-6H. The van der Waals surface area contributed by atoms with E-state index in [0.29, 0.717) is 0 Å². The zero-order valence-corrected chi connectivity index (χ0v) is 3.59. The Bertz CT molecular complexity index is 117. The number of rotatable bonds is 0. The van der Waals surface area contributed by atoms with Gasteiger partial charge in [0.2, 0.25) is 5.88 Å². The van der Waals surface area contributed by atoms with Crippen molar-refractivity contribution < 1.29 is 9.84 Å². The zero-order valence-electron chi connectivity index (χ0n) is 3.59. The largest absolute Gasteiger partial charge is 0.492 e. The highest BCUT2D eigenvalue weighted by atomic mass is 16.5. The monoisotopic (exact) mass is 99.0 g/mol. The highest BCUT2D eigenvalue weighted by molar-refractivity contribution is 4.93. The lowest BCUT2D eigenvalue weighted by Gasteiger charge is -2.01. The first-order chi connectivity index (χ1) is 3.39. The lowest BCUT2D eigenvalue weighted by Crippen LogP contribution is -2.06. The van der Waals surface area contributed by atoms with Crippen molar-refractivity contribution in [1.29, 1.82) is 0 Å². The highest BCUT2D eigenvalue weighted by Gasteiger charge is 1.88. The van der Waals surface area contributed by atoms with Crippen molar-refractivity contribution in [3.05, 3.63) is 24.6 Å². The van der Waals surface area contributed by atoms with Crippen LogP contribution >= 0.6 is 0 Å².